The lowest BCUT2D eigenvalue weighted by Crippen LogP contribution is -2.22. The van der Waals surface area contributed by atoms with E-state index in [0.717, 1.165) is 8.94 Å². The molecule has 1 aromatic rings. The van der Waals surface area contributed by atoms with Crippen LogP contribution in [0, 0.1) is 0 Å². The predicted octanol–water partition coefficient (Wildman–Crippen LogP) is 7.37. The lowest BCUT2D eigenvalue weighted by atomic mass is 9.80. The number of hydrogen-bond acceptors (Lipinski definition) is 2. The Morgan fingerprint density at radius 1 is 1.05 bits per heavy atom. The quantitative estimate of drug-likeness (QED) is 0.386. The van der Waals surface area contributed by atoms with Crippen LogP contribution in [0.5, 0.6) is 0 Å². The number of hydrogen-bond donors (Lipinski definition) is 0. The highest BCUT2D eigenvalue weighted by molar-refractivity contribution is 9.10. The van der Waals surface area contributed by atoms with E-state index >= 15 is 0 Å². The van der Waals surface area contributed by atoms with Gasteiger partial charge in [-0.3, -0.25) is 0 Å². The monoisotopic (exact) mass is 379 g/mol. The summed E-state index contributed by atoms with van der Waals surface area (Å²) in [5.41, 5.74) is 0.198. The van der Waals surface area contributed by atoms with E-state index in [0.29, 0.717) is 0 Å². The summed E-state index contributed by atoms with van der Waals surface area (Å²) in [4.78, 5) is 4.66. The molecule has 0 N–H and O–H groups in total. The van der Waals surface area contributed by atoms with Gasteiger partial charge in [-0.15, -0.1) is 11.3 Å². The third-order valence-electron chi connectivity index (χ3n) is 3.98. The molecule has 116 valence electrons. The van der Waals surface area contributed by atoms with E-state index in [9.17, 15) is 0 Å². The maximum absolute atomic E-state index is 6.19. The summed E-state index contributed by atoms with van der Waals surface area (Å²) in [6.45, 7) is 6.89. The van der Waals surface area contributed by atoms with Crippen LogP contribution in [0.2, 0.25) is 4.34 Å². The van der Waals surface area contributed by atoms with Crippen molar-refractivity contribution in [2.24, 2.45) is 0 Å². The van der Waals surface area contributed by atoms with E-state index < -0.39 is 0 Å². The van der Waals surface area contributed by atoms with Crippen LogP contribution in [0.25, 0.3) is 0 Å². The van der Waals surface area contributed by atoms with Crippen molar-refractivity contribution in [3.8, 4) is 0 Å². The summed E-state index contributed by atoms with van der Waals surface area (Å²) < 4.78 is 1.60. The first-order valence-electron chi connectivity index (χ1n) is 7.85. The molecular formula is C16H27BrClNS. The Morgan fingerprint density at radius 3 is 2.10 bits per heavy atom. The summed E-state index contributed by atoms with van der Waals surface area (Å²) in [7, 11) is 0. The second kappa shape index (κ2) is 9.42. The molecule has 0 aliphatic heterocycles. The minimum absolute atomic E-state index is 0.198. The highest BCUT2D eigenvalue weighted by Crippen LogP contribution is 2.41. The molecule has 0 saturated heterocycles. The molecule has 20 heavy (non-hydrogen) atoms. The third-order valence-corrected chi connectivity index (χ3v) is 6.60. The van der Waals surface area contributed by atoms with Crippen LogP contribution < -0.4 is 0 Å². The maximum Gasteiger partial charge on any atom is 0.136 e. The highest BCUT2D eigenvalue weighted by Gasteiger charge is 2.30. The molecule has 1 unspecified atom stereocenters. The van der Waals surface area contributed by atoms with Gasteiger partial charge in [0.05, 0.1) is 0 Å². The van der Waals surface area contributed by atoms with Crippen LogP contribution in [0.4, 0.5) is 0 Å². The van der Waals surface area contributed by atoms with Gasteiger partial charge in [-0.05, 0) is 28.8 Å². The van der Waals surface area contributed by atoms with Crippen LogP contribution in [-0.4, -0.2) is 4.98 Å². The van der Waals surface area contributed by atoms with E-state index in [1.165, 1.54) is 62.8 Å². The van der Waals surface area contributed by atoms with Crippen LogP contribution in [0.3, 0.4) is 0 Å². The molecule has 0 fully saturated rings. The van der Waals surface area contributed by atoms with E-state index in [1.54, 1.807) is 11.3 Å². The van der Waals surface area contributed by atoms with Gasteiger partial charge >= 0.3 is 0 Å². The van der Waals surface area contributed by atoms with Gasteiger partial charge in [0.15, 0.2) is 0 Å². The average Bonchev–Trinajstić information content (AvgIpc) is 2.76. The van der Waals surface area contributed by atoms with Gasteiger partial charge in [-0.2, -0.15) is 0 Å². The van der Waals surface area contributed by atoms with Crippen molar-refractivity contribution in [1.82, 2.24) is 4.98 Å². The van der Waals surface area contributed by atoms with Gasteiger partial charge in [0, 0.05) is 5.41 Å². The maximum atomic E-state index is 6.19. The first-order chi connectivity index (χ1) is 9.53. The molecule has 0 spiro atoms. The highest BCUT2D eigenvalue weighted by atomic mass is 79.9. The smallest absolute Gasteiger partial charge is 0.136 e. The molecule has 1 rings (SSSR count). The van der Waals surface area contributed by atoms with Crippen molar-refractivity contribution in [1.29, 1.82) is 0 Å². The van der Waals surface area contributed by atoms with Crippen molar-refractivity contribution in [2.45, 2.75) is 84.0 Å². The molecule has 1 aromatic heterocycles. The Balaban J connectivity index is 2.71. The molecule has 0 saturated carbocycles. The zero-order valence-electron chi connectivity index (χ0n) is 13.0. The Bertz CT molecular complexity index is 374. The number of thiazole rings is 1. The zero-order valence-corrected chi connectivity index (χ0v) is 16.1. The fourth-order valence-corrected chi connectivity index (χ4v) is 4.27. The van der Waals surface area contributed by atoms with Crippen molar-refractivity contribution >= 4 is 38.9 Å². The van der Waals surface area contributed by atoms with Crippen molar-refractivity contribution in [2.75, 3.05) is 0 Å². The SMILES string of the molecule is CCCCCCC(C)(CCCCC)c1nc(Br)c(Cl)s1. The van der Waals surface area contributed by atoms with Crippen molar-refractivity contribution in [3.05, 3.63) is 13.9 Å². The van der Waals surface area contributed by atoms with E-state index in [4.69, 9.17) is 11.6 Å². The molecular weight excluding hydrogens is 354 g/mol. The standard InChI is InChI=1S/C16H27BrClNS/c1-4-6-8-10-12-16(3,11-9-7-5-2)15-19-13(17)14(18)20-15/h4-12H2,1-3H3. The first kappa shape index (κ1) is 18.4. The molecule has 1 atom stereocenters. The summed E-state index contributed by atoms with van der Waals surface area (Å²) in [5, 5.41) is 1.21. The molecule has 0 amide bonds. The van der Waals surface area contributed by atoms with Gasteiger partial charge in [0.25, 0.3) is 0 Å². The third kappa shape index (κ3) is 5.65. The summed E-state index contributed by atoms with van der Waals surface area (Å²) in [6.07, 6.45) is 11.6. The topological polar surface area (TPSA) is 12.9 Å². The molecule has 1 heterocycles. The number of nitrogens with zero attached hydrogens (tertiary/aromatic N) is 1. The Kier molecular flexibility index (Phi) is 8.69. The minimum Gasteiger partial charge on any atom is -0.232 e. The largest absolute Gasteiger partial charge is 0.232 e. The van der Waals surface area contributed by atoms with Gasteiger partial charge in [-0.1, -0.05) is 77.3 Å². The molecule has 0 radical (unpaired) electrons. The molecule has 0 aromatic carbocycles. The molecule has 0 aliphatic carbocycles. The normalized spacial score (nSPS) is 14.4. The fraction of sp³-hybridized carbons (Fsp3) is 0.812. The Morgan fingerprint density at radius 2 is 1.60 bits per heavy atom. The molecule has 0 bridgehead atoms. The van der Waals surface area contributed by atoms with Crippen LogP contribution in [-0.2, 0) is 5.41 Å². The van der Waals surface area contributed by atoms with Gasteiger partial charge < -0.3 is 0 Å². The van der Waals surface area contributed by atoms with Crippen LogP contribution in [0.15, 0.2) is 4.60 Å². The summed E-state index contributed by atoms with van der Waals surface area (Å²) >= 11 is 11.3. The molecule has 1 nitrogen and oxygen atoms in total. The Hall–Kier alpha value is 0.400. The van der Waals surface area contributed by atoms with Crippen molar-refractivity contribution in [3.63, 3.8) is 0 Å². The Labute approximate surface area is 141 Å². The number of halogens is 2. The first-order valence-corrected chi connectivity index (χ1v) is 9.84. The molecule has 0 aliphatic rings. The average molecular weight is 381 g/mol. The lowest BCUT2D eigenvalue weighted by Gasteiger charge is -2.27. The van der Waals surface area contributed by atoms with Gasteiger partial charge in [-0.25, -0.2) is 4.98 Å². The van der Waals surface area contributed by atoms with Gasteiger partial charge in [0.2, 0.25) is 0 Å². The zero-order chi connectivity index (χ0) is 15.0. The number of unbranched alkanes of at least 4 members (excludes halogenated alkanes) is 5. The van der Waals surface area contributed by atoms with Crippen molar-refractivity contribution < 1.29 is 0 Å². The minimum atomic E-state index is 0.198. The van der Waals surface area contributed by atoms with E-state index in [2.05, 4.69) is 41.7 Å². The van der Waals surface area contributed by atoms with E-state index in [1.807, 2.05) is 0 Å². The second-order valence-corrected chi connectivity index (χ2v) is 8.26. The lowest BCUT2D eigenvalue weighted by molar-refractivity contribution is 0.364. The molecule has 4 heteroatoms. The predicted molar refractivity (Wildman–Crippen MR) is 95.1 cm³/mol. The number of rotatable bonds is 10. The van der Waals surface area contributed by atoms with Gasteiger partial charge in [0.1, 0.15) is 13.9 Å². The second-order valence-electron chi connectivity index (χ2n) is 5.91. The summed E-state index contributed by atoms with van der Waals surface area (Å²) in [5.74, 6) is 0. The van der Waals surface area contributed by atoms with Crippen LogP contribution >= 0.6 is 38.9 Å². The van der Waals surface area contributed by atoms with Crippen LogP contribution in [0.1, 0.15) is 83.6 Å². The summed E-state index contributed by atoms with van der Waals surface area (Å²) in [6, 6.07) is 0. The van der Waals surface area contributed by atoms with E-state index in [-0.39, 0.29) is 5.41 Å². The number of aromatic nitrogens is 1. The fourth-order valence-electron chi connectivity index (χ4n) is 2.59.